The highest BCUT2D eigenvalue weighted by Crippen LogP contribution is 2.31. The number of benzene rings is 1. The van der Waals surface area contributed by atoms with Crippen molar-refractivity contribution in [2.45, 2.75) is 174 Å². The Balaban J connectivity index is 1.69. The summed E-state index contributed by atoms with van der Waals surface area (Å²) in [6, 6.07) is 5.26. The first kappa shape index (κ1) is 63.1. The number of ether oxygens (including phenoxy) is 5. The largest absolute Gasteiger partial charge is 0.460 e. The molecule has 1 saturated heterocycles. The van der Waals surface area contributed by atoms with Crippen LogP contribution in [-0.4, -0.2) is 180 Å². The third kappa shape index (κ3) is 19.8. The molecule has 0 radical (unpaired) electrons. The van der Waals surface area contributed by atoms with Crippen LogP contribution in [0.3, 0.4) is 0 Å². The molecule has 0 spiro atoms. The Bertz CT molecular complexity index is 2030. The van der Waals surface area contributed by atoms with Crippen LogP contribution < -0.4 is 15.4 Å². The number of likely N-dealkylation sites (N-methyl/N-ethyl adjacent to an activating group) is 2. The Hall–Kier alpha value is -4.21. The van der Waals surface area contributed by atoms with Crippen LogP contribution in [0, 0.1) is 23.7 Å². The molecule has 2 fully saturated rings. The van der Waals surface area contributed by atoms with E-state index in [0.717, 1.165) is 5.56 Å². The van der Waals surface area contributed by atoms with E-state index in [2.05, 4.69) is 15.4 Å². The van der Waals surface area contributed by atoms with Crippen LogP contribution in [-0.2, 0) is 68.9 Å². The van der Waals surface area contributed by atoms with E-state index in [1.165, 1.54) is 14.2 Å². The topological polar surface area (TPSA) is 229 Å². The molecule has 416 valence electrons. The van der Waals surface area contributed by atoms with Crippen molar-refractivity contribution in [3.63, 3.8) is 0 Å². The van der Waals surface area contributed by atoms with Gasteiger partial charge >= 0.3 is 5.97 Å². The molecule has 1 aliphatic heterocycles. The number of carbonyl (C=O) groups is 6. The predicted molar refractivity (Wildman–Crippen MR) is 278 cm³/mol. The van der Waals surface area contributed by atoms with E-state index in [1.807, 2.05) is 80.3 Å². The lowest BCUT2D eigenvalue weighted by molar-refractivity contribution is -0.156. The summed E-state index contributed by atoms with van der Waals surface area (Å²) in [7, 11) is 2.64. The highest BCUT2D eigenvalue weighted by molar-refractivity contribution is 7.90. The average molecular weight is 1050 g/mol. The maximum Gasteiger partial charge on any atom is 0.308 e. The highest BCUT2D eigenvalue weighted by atomic mass is 32.2. The molecule has 5 amide bonds. The fraction of sp³-hybridized carbons (Fsp3) is 0.774. The van der Waals surface area contributed by atoms with Gasteiger partial charge < -0.3 is 44.1 Å². The van der Waals surface area contributed by atoms with Gasteiger partial charge in [0.15, 0.2) is 0 Å². The first-order valence-electron chi connectivity index (χ1n) is 26.2. The average Bonchev–Trinajstić information content (AvgIpc) is 4.08. The van der Waals surface area contributed by atoms with Gasteiger partial charge in [-0.1, -0.05) is 85.2 Å². The number of nitrogens with one attached hydrogen (secondary N) is 3. The fourth-order valence-electron chi connectivity index (χ4n) is 9.54. The lowest BCUT2D eigenvalue weighted by atomic mass is 9.89. The summed E-state index contributed by atoms with van der Waals surface area (Å²) in [6.07, 6.45) is 1.40. The number of sulfonamides is 1. The van der Waals surface area contributed by atoms with Crippen LogP contribution in [0.25, 0.3) is 0 Å². The molecule has 20 heteroatoms. The fourth-order valence-corrected chi connectivity index (χ4v) is 10.9. The lowest BCUT2D eigenvalue weighted by Crippen LogP contribution is -2.60. The van der Waals surface area contributed by atoms with Gasteiger partial charge in [0.2, 0.25) is 33.7 Å². The molecule has 1 aromatic rings. The van der Waals surface area contributed by atoms with E-state index in [0.29, 0.717) is 65.0 Å². The van der Waals surface area contributed by atoms with Gasteiger partial charge in [-0.15, -0.1) is 0 Å². The molecule has 1 aromatic carbocycles. The van der Waals surface area contributed by atoms with Crippen molar-refractivity contribution in [2.75, 3.05) is 67.8 Å². The van der Waals surface area contributed by atoms with Crippen LogP contribution in [0.2, 0.25) is 0 Å². The molecule has 19 nitrogen and oxygen atoms in total. The number of rotatable bonds is 32. The molecule has 2 aliphatic rings. The molecular weight excluding hydrogens is 961 g/mol. The second kappa shape index (κ2) is 29.8. The number of nitrogens with zero attached hydrogens (tertiary/aromatic N) is 3. The van der Waals surface area contributed by atoms with Crippen molar-refractivity contribution >= 4 is 45.5 Å². The zero-order chi connectivity index (χ0) is 54.8. The van der Waals surface area contributed by atoms with Crippen molar-refractivity contribution < 1.29 is 60.9 Å². The minimum absolute atomic E-state index is 0.0555. The third-order valence-corrected chi connectivity index (χ3v) is 15.7. The smallest absolute Gasteiger partial charge is 0.308 e. The summed E-state index contributed by atoms with van der Waals surface area (Å²) in [4.78, 5) is 87.9. The minimum atomic E-state index is -3.88. The molecular formula is C53H90N6O13S. The molecule has 3 N–H and O–H groups in total. The van der Waals surface area contributed by atoms with Gasteiger partial charge in [0.05, 0.1) is 80.8 Å². The van der Waals surface area contributed by atoms with Crippen molar-refractivity contribution in [1.29, 1.82) is 0 Å². The number of carbonyl (C=O) groups excluding carboxylic acids is 6. The zero-order valence-corrected chi connectivity index (χ0v) is 47.1. The Morgan fingerprint density at radius 3 is 1.99 bits per heavy atom. The normalized spacial score (nSPS) is 18.6. The van der Waals surface area contributed by atoms with Crippen LogP contribution in [0.5, 0.6) is 0 Å². The molecule has 1 aliphatic carbocycles. The van der Waals surface area contributed by atoms with Crippen molar-refractivity contribution in [1.82, 2.24) is 30.1 Å². The van der Waals surface area contributed by atoms with Crippen LogP contribution in [0.15, 0.2) is 30.3 Å². The first-order chi connectivity index (χ1) is 34.3. The third-order valence-electron chi connectivity index (χ3n) is 13.8. The lowest BCUT2D eigenvalue weighted by Gasteiger charge is -2.41. The van der Waals surface area contributed by atoms with E-state index in [9.17, 15) is 37.2 Å². The van der Waals surface area contributed by atoms with Crippen LogP contribution in [0.4, 0.5) is 0 Å². The summed E-state index contributed by atoms with van der Waals surface area (Å²) in [5.74, 6) is -3.90. The van der Waals surface area contributed by atoms with Gasteiger partial charge in [-0.25, -0.2) is 8.42 Å². The molecule has 1 saturated carbocycles. The van der Waals surface area contributed by atoms with E-state index in [4.69, 9.17) is 23.7 Å². The Morgan fingerprint density at radius 2 is 1.44 bits per heavy atom. The van der Waals surface area contributed by atoms with Crippen molar-refractivity contribution in [3.8, 4) is 0 Å². The quantitative estimate of drug-likeness (QED) is 0.0682. The van der Waals surface area contributed by atoms with Gasteiger partial charge in [-0.3, -0.25) is 38.4 Å². The maximum absolute atomic E-state index is 14.6. The van der Waals surface area contributed by atoms with Crippen molar-refractivity contribution in [3.05, 3.63) is 35.9 Å². The number of esters is 1. The summed E-state index contributed by atoms with van der Waals surface area (Å²) in [5, 5.41) is 5.23. The Morgan fingerprint density at radius 1 is 0.808 bits per heavy atom. The molecule has 0 bridgehead atoms. The number of hydrogen-bond donors (Lipinski definition) is 3. The standard InChI is InChI=1S/C53H90N6O13S/c1-15-36(6)47(58(12)52(65)45(34(2)3)55-51(64)46(35(4)5)57(11)27-29-71-31-30-70-28-25-44(61)72-53(8,9)10)42(68-13)33-43(60)59-26-19-22-41(59)48(69-14)37(7)49(62)54-40(32-38-20-17-16-18-21-38)50(63)56-73(66,67)39-23-24-39/h16-18,20-21,34-37,39-42,45-48H,15,19,22-33H2,1-14H3,(H,54,62)(H,55,64)(H,56,63)/t36-,37+,40-,41-,42+,45-,46-,47-,48?/m0/s1. The molecule has 73 heavy (non-hydrogen) atoms. The molecule has 9 atom stereocenters. The van der Waals surface area contributed by atoms with E-state index < -0.39 is 81.0 Å². The second-order valence-corrected chi connectivity index (χ2v) is 23.5. The van der Waals surface area contributed by atoms with Crippen molar-refractivity contribution in [2.24, 2.45) is 23.7 Å². The van der Waals surface area contributed by atoms with Gasteiger partial charge in [0, 0.05) is 40.8 Å². The van der Waals surface area contributed by atoms with Gasteiger partial charge in [0.25, 0.3) is 5.91 Å². The molecule has 1 heterocycles. The SMILES string of the molecule is CC[C@H](C)[C@@H]([C@@H](CC(=O)N1CCC[C@H]1C(OC)[C@@H](C)C(=O)N[C@@H](Cc1ccccc1)C(=O)NS(=O)(=O)C1CC1)OC)N(C)C(=O)[C@@H](NC(=O)[C@H](C(C)C)N(C)CCOCCOCCC(=O)OC(C)(C)C)C(C)C. The van der Waals surface area contributed by atoms with E-state index in [1.54, 1.807) is 48.0 Å². The van der Waals surface area contributed by atoms with Crippen LogP contribution in [0.1, 0.15) is 120 Å². The summed E-state index contributed by atoms with van der Waals surface area (Å²) in [6.45, 7) is 20.8. The van der Waals surface area contributed by atoms with Gasteiger partial charge in [-0.2, -0.15) is 0 Å². The number of hydrogen-bond acceptors (Lipinski definition) is 14. The Kier molecular flexibility index (Phi) is 25.7. The highest BCUT2D eigenvalue weighted by Gasteiger charge is 2.44. The zero-order valence-electron chi connectivity index (χ0n) is 46.3. The number of amides is 5. The van der Waals surface area contributed by atoms with Crippen LogP contribution >= 0.6 is 0 Å². The number of likely N-dealkylation sites (tertiary alicyclic amines) is 1. The first-order valence-corrected chi connectivity index (χ1v) is 27.7. The maximum atomic E-state index is 14.6. The van der Waals surface area contributed by atoms with Gasteiger partial charge in [-0.05, 0) is 76.8 Å². The minimum Gasteiger partial charge on any atom is -0.460 e. The summed E-state index contributed by atoms with van der Waals surface area (Å²) >= 11 is 0. The summed E-state index contributed by atoms with van der Waals surface area (Å²) < 4.78 is 56.4. The number of methoxy groups -OCH3 is 2. The second-order valence-electron chi connectivity index (χ2n) is 21.5. The summed E-state index contributed by atoms with van der Waals surface area (Å²) in [5.41, 5.74) is 0.175. The molecule has 1 unspecified atom stereocenters. The monoisotopic (exact) mass is 1050 g/mol. The van der Waals surface area contributed by atoms with E-state index >= 15 is 0 Å². The molecule has 3 rings (SSSR count). The van der Waals surface area contributed by atoms with E-state index in [-0.39, 0.29) is 67.3 Å². The molecule has 0 aromatic heterocycles. The Labute approximate surface area is 436 Å². The predicted octanol–water partition coefficient (Wildman–Crippen LogP) is 4.10. The van der Waals surface area contributed by atoms with Gasteiger partial charge in [0.1, 0.15) is 17.7 Å².